The number of hydrogen-bond donors (Lipinski definition) is 1. The summed E-state index contributed by atoms with van der Waals surface area (Å²) in [6.45, 7) is 8.52. The van der Waals surface area contributed by atoms with Crippen LogP contribution in [0.1, 0.15) is 43.7 Å². The molecule has 4 heteroatoms. The summed E-state index contributed by atoms with van der Waals surface area (Å²) in [5.41, 5.74) is 3.35. The Hall–Kier alpha value is -0.780. The molecule has 3 rings (SSSR count). The summed E-state index contributed by atoms with van der Waals surface area (Å²) in [6.07, 6.45) is 6.65. The van der Waals surface area contributed by atoms with Crippen LogP contribution in [-0.2, 0) is 6.42 Å². The topological polar surface area (TPSA) is 27.6 Å². The Kier molecular flexibility index (Phi) is 6.74. The minimum atomic E-state index is 0. The molecule has 1 spiro atoms. The van der Waals surface area contributed by atoms with E-state index in [2.05, 4.69) is 48.3 Å². The molecule has 1 aliphatic carbocycles. The third-order valence-electron chi connectivity index (χ3n) is 5.23. The maximum atomic E-state index is 4.88. The lowest BCUT2D eigenvalue weighted by Gasteiger charge is -2.38. The zero-order chi connectivity index (χ0) is 15.4. The number of aliphatic imine (C=N–C) groups is 1. The molecule has 1 aliphatic heterocycles. The molecular formula is C19H30IN3. The fraction of sp³-hybridized carbons (Fsp3) is 0.632. The van der Waals surface area contributed by atoms with Gasteiger partial charge in [0.15, 0.2) is 5.96 Å². The molecular weight excluding hydrogens is 397 g/mol. The van der Waals surface area contributed by atoms with E-state index in [4.69, 9.17) is 4.99 Å². The highest BCUT2D eigenvalue weighted by molar-refractivity contribution is 14.0. The Balaban J connectivity index is 0.00000192. The van der Waals surface area contributed by atoms with Crippen molar-refractivity contribution < 1.29 is 0 Å². The van der Waals surface area contributed by atoms with Crippen molar-refractivity contribution in [1.82, 2.24) is 10.2 Å². The van der Waals surface area contributed by atoms with Gasteiger partial charge in [-0.2, -0.15) is 0 Å². The summed E-state index contributed by atoms with van der Waals surface area (Å²) in [4.78, 5) is 7.36. The van der Waals surface area contributed by atoms with E-state index in [1.165, 1.54) is 49.9 Å². The van der Waals surface area contributed by atoms with Gasteiger partial charge >= 0.3 is 0 Å². The molecule has 23 heavy (non-hydrogen) atoms. The lowest BCUT2D eigenvalue weighted by Crippen LogP contribution is -2.42. The standard InChI is InChI=1S/C19H29N3.HI/c1-3-20-18(22-13-11-19(15-22)9-5-10-19)21-12-8-17-7-4-6-16(2)14-17;/h4,6-7,14H,3,5,8-13,15H2,1-2H3,(H,20,21);1H. The molecule has 0 amide bonds. The Morgan fingerprint density at radius 1 is 1.30 bits per heavy atom. The number of nitrogens with zero attached hydrogens (tertiary/aromatic N) is 2. The van der Waals surface area contributed by atoms with Gasteiger partial charge in [0.05, 0.1) is 0 Å². The maximum absolute atomic E-state index is 4.88. The predicted octanol–water partition coefficient (Wildman–Crippen LogP) is 4.00. The van der Waals surface area contributed by atoms with Crippen LogP contribution in [0, 0.1) is 12.3 Å². The van der Waals surface area contributed by atoms with Gasteiger partial charge in [0, 0.05) is 26.2 Å². The van der Waals surface area contributed by atoms with Crippen LogP contribution in [0.25, 0.3) is 0 Å². The molecule has 3 nitrogen and oxygen atoms in total. The summed E-state index contributed by atoms with van der Waals surface area (Å²) in [7, 11) is 0. The molecule has 0 aromatic heterocycles. The van der Waals surface area contributed by atoms with Gasteiger partial charge < -0.3 is 10.2 Å². The van der Waals surface area contributed by atoms with Gasteiger partial charge in [-0.15, -0.1) is 24.0 Å². The van der Waals surface area contributed by atoms with Gasteiger partial charge in [-0.1, -0.05) is 36.2 Å². The number of halogens is 1. The van der Waals surface area contributed by atoms with Crippen LogP contribution in [0.5, 0.6) is 0 Å². The SMILES string of the molecule is CCNC(=NCCc1cccc(C)c1)N1CCC2(CCC2)C1.I. The van der Waals surface area contributed by atoms with Crippen molar-refractivity contribution in [3.05, 3.63) is 35.4 Å². The highest BCUT2D eigenvalue weighted by Gasteiger charge is 2.43. The zero-order valence-corrected chi connectivity index (χ0v) is 16.8. The second-order valence-electron chi connectivity index (χ2n) is 7.00. The monoisotopic (exact) mass is 427 g/mol. The van der Waals surface area contributed by atoms with Gasteiger partial charge in [-0.25, -0.2) is 0 Å². The minimum absolute atomic E-state index is 0. The highest BCUT2D eigenvalue weighted by Crippen LogP contribution is 2.47. The van der Waals surface area contributed by atoms with Crippen molar-refractivity contribution in [2.45, 2.75) is 46.0 Å². The molecule has 1 N–H and O–H groups in total. The molecule has 1 saturated heterocycles. The van der Waals surface area contributed by atoms with E-state index in [-0.39, 0.29) is 24.0 Å². The molecule has 1 heterocycles. The number of aryl methyl sites for hydroxylation is 1. The number of benzene rings is 1. The molecule has 0 unspecified atom stereocenters. The van der Waals surface area contributed by atoms with E-state index in [9.17, 15) is 0 Å². The van der Waals surface area contributed by atoms with Crippen LogP contribution < -0.4 is 5.32 Å². The van der Waals surface area contributed by atoms with Crippen molar-refractivity contribution >= 4 is 29.9 Å². The Labute approximate surface area is 158 Å². The highest BCUT2D eigenvalue weighted by atomic mass is 127. The number of likely N-dealkylation sites (tertiary alicyclic amines) is 1. The average Bonchev–Trinajstić information content (AvgIpc) is 2.92. The average molecular weight is 427 g/mol. The minimum Gasteiger partial charge on any atom is -0.357 e. The number of guanidine groups is 1. The van der Waals surface area contributed by atoms with E-state index >= 15 is 0 Å². The lowest BCUT2D eigenvalue weighted by molar-refractivity contribution is 0.151. The molecule has 1 aromatic rings. The second kappa shape index (κ2) is 8.36. The molecule has 2 fully saturated rings. The normalized spacial score (nSPS) is 19.4. The van der Waals surface area contributed by atoms with E-state index < -0.39 is 0 Å². The number of nitrogens with one attached hydrogen (secondary N) is 1. The predicted molar refractivity (Wildman–Crippen MR) is 109 cm³/mol. The Morgan fingerprint density at radius 3 is 2.74 bits per heavy atom. The first kappa shape index (κ1) is 18.6. The smallest absolute Gasteiger partial charge is 0.193 e. The molecule has 1 aromatic carbocycles. The first-order chi connectivity index (χ1) is 10.7. The summed E-state index contributed by atoms with van der Waals surface area (Å²) in [5.74, 6) is 1.12. The summed E-state index contributed by atoms with van der Waals surface area (Å²) in [6, 6.07) is 8.76. The van der Waals surface area contributed by atoms with Crippen LogP contribution >= 0.6 is 24.0 Å². The number of hydrogen-bond acceptors (Lipinski definition) is 1. The molecule has 0 bridgehead atoms. The third kappa shape index (κ3) is 4.61. The van der Waals surface area contributed by atoms with Crippen LogP contribution in [0.2, 0.25) is 0 Å². The summed E-state index contributed by atoms with van der Waals surface area (Å²) in [5, 5.41) is 3.48. The van der Waals surface area contributed by atoms with Gasteiger partial charge in [-0.3, -0.25) is 4.99 Å². The fourth-order valence-electron chi connectivity index (χ4n) is 3.79. The van der Waals surface area contributed by atoms with Crippen molar-refractivity contribution in [3.8, 4) is 0 Å². The molecule has 128 valence electrons. The van der Waals surface area contributed by atoms with Crippen molar-refractivity contribution in [2.75, 3.05) is 26.2 Å². The van der Waals surface area contributed by atoms with Crippen molar-refractivity contribution in [2.24, 2.45) is 10.4 Å². The first-order valence-electron chi connectivity index (χ1n) is 8.80. The van der Waals surface area contributed by atoms with E-state index in [1.54, 1.807) is 0 Å². The summed E-state index contributed by atoms with van der Waals surface area (Å²) < 4.78 is 0. The maximum Gasteiger partial charge on any atom is 0.193 e. The second-order valence-corrected chi connectivity index (χ2v) is 7.00. The molecule has 0 radical (unpaired) electrons. The Morgan fingerprint density at radius 2 is 2.13 bits per heavy atom. The molecule has 0 atom stereocenters. The van der Waals surface area contributed by atoms with E-state index in [0.29, 0.717) is 5.41 Å². The van der Waals surface area contributed by atoms with Crippen LogP contribution in [0.3, 0.4) is 0 Å². The molecule has 2 aliphatic rings. The van der Waals surface area contributed by atoms with Gasteiger partial charge in [0.1, 0.15) is 0 Å². The largest absolute Gasteiger partial charge is 0.357 e. The fourth-order valence-corrected chi connectivity index (χ4v) is 3.79. The van der Waals surface area contributed by atoms with E-state index in [1.807, 2.05) is 0 Å². The summed E-state index contributed by atoms with van der Waals surface area (Å²) >= 11 is 0. The van der Waals surface area contributed by atoms with E-state index in [0.717, 1.165) is 25.5 Å². The van der Waals surface area contributed by atoms with Crippen LogP contribution in [0.15, 0.2) is 29.3 Å². The molecule has 1 saturated carbocycles. The lowest BCUT2D eigenvalue weighted by atomic mass is 9.68. The Bertz CT molecular complexity index is 537. The van der Waals surface area contributed by atoms with Gasteiger partial charge in [0.25, 0.3) is 0 Å². The quantitative estimate of drug-likeness (QED) is 0.447. The van der Waals surface area contributed by atoms with Crippen LogP contribution in [0.4, 0.5) is 0 Å². The van der Waals surface area contributed by atoms with Gasteiger partial charge in [-0.05, 0) is 50.5 Å². The van der Waals surface area contributed by atoms with Gasteiger partial charge in [0.2, 0.25) is 0 Å². The zero-order valence-electron chi connectivity index (χ0n) is 14.5. The third-order valence-corrected chi connectivity index (χ3v) is 5.23. The first-order valence-corrected chi connectivity index (χ1v) is 8.80. The van der Waals surface area contributed by atoms with Crippen molar-refractivity contribution in [3.63, 3.8) is 0 Å². The number of rotatable bonds is 4. The van der Waals surface area contributed by atoms with Crippen LogP contribution in [-0.4, -0.2) is 37.0 Å². The van der Waals surface area contributed by atoms with Crippen molar-refractivity contribution in [1.29, 1.82) is 0 Å².